The molecule has 5 rings (SSSR count). The second kappa shape index (κ2) is 8.25. The minimum Gasteiger partial charge on any atom is -0.489 e. The maximum absolute atomic E-state index is 13.5. The van der Waals surface area contributed by atoms with E-state index in [9.17, 15) is 17.6 Å². The third-order valence-electron chi connectivity index (χ3n) is 5.76. The Labute approximate surface area is 198 Å². The van der Waals surface area contributed by atoms with Crippen LogP contribution in [-0.2, 0) is 17.1 Å². The summed E-state index contributed by atoms with van der Waals surface area (Å²) in [6, 6.07) is 3.58. The van der Waals surface area contributed by atoms with Crippen molar-refractivity contribution in [1.82, 2.24) is 19.4 Å². The fourth-order valence-electron chi connectivity index (χ4n) is 4.13. The van der Waals surface area contributed by atoms with Crippen molar-refractivity contribution >= 4 is 39.2 Å². The first-order valence-electron chi connectivity index (χ1n) is 10.3. The zero-order valence-corrected chi connectivity index (χ0v) is 19.7. The van der Waals surface area contributed by atoms with Gasteiger partial charge in [-0.3, -0.25) is 4.79 Å². The first-order valence-corrected chi connectivity index (χ1v) is 12.1. The van der Waals surface area contributed by atoms with Gasteiger partial charge in [0.15, 0.2) is 17.3 Å². The number of benzene rings is 1. The van der Waals surface area contributed by atoms with E-state index in [0.29, 0.717) is 24.9 Å². The molecule has 1 aromatic carbocycles. The number of fused-ring (bicyclic) bond motifs is 2. The van der Waals surface area contributed by atoms with Crippen molar-refractivity contribution in [3.05, 3.63) is 46.8 Å². The van der Waals surface area contributed by atoms with E-state index in [0.717, 1.165) is 6.07 Å². The van der Waals surface area contributed by atoms with Crippen LogP contribution in [0, 0.1) is 18.7 Å². The van der Waals surface area contributed by atoms with Crippen LogP contribution in [0.3, 0.4) is 0 Å². The largest absolute Gasteiger partial charge is 0.489 e. The maximum atomic E-state index is 13.5. The van der Waals surface area contributed by atoms with Crippen LogP contribution in [0.2, 0.25) is 5.02 Å². The van der Waals surface area contributed by atoms with Crippen LogP contribution < -0.4 is 19.7 Å². The first kappa shape index (κ1) is 22.6. The number of carbonyl (C=O) groups is 1. The number of nitrogens with one attached hydrogen (secondary N) is 2. The van der Waals surface area contributed by atoms with Crippen molar-refractivity contribution in [2.24, 2.45) is 13.0 Å². The van der Waals surface area contributed by atoms with Crippen LogP contribution in [0.15, 0.2) is 33.8 Å². The number of sulfonamides is 1. The molecule has 1 saturated heterocycles. The molecule has 11 nitrogen and oxygen atoms in total. The maximum Gasteiger partial charge on any atom is 0.324 e. The number of hydrogen-bond donors (Lipinski definition) is 2. The number of halogens is 2. The van der Waals surface area contributed by atoms with Gasteiger partial charge in [-0.1, -0.05) is 16.8 Å². The number of anilines is 2. The van der Waals surface area contributed by atoms with Gasteiger partial charge in [-0.25, -0.2) is 17.5 Å². The molecule has 0 bridgehead atoms. The van der Waals surface area contributed by atoms with Crippen LogP contribution in [0.1, 0.15) is 16.3 Å². The van der Waals surface area contributed by atoms with Gasteiger partial charge in [0.25, 0.3) is 5.91 Å². The molecule has 0 radical (unpaired) electrons. The molecule has 0 unspecified atom stereocenters. The summed E-state index contributed by atoms with van der Waals surface area (Å²) >= 11 is 5.79. The highest BCUT2D eigenvalue weighted by atomic mass is 35.5. The average molecular weight is 511 g/mol. The van der Waals surface area contributed by atoms with E-state index in [1.807, 2.05) is 0 Å². The Morgan fingerprint density at radius 1 is 1.35 bits per heavy atom. The molecule has 34 heavy (non-hydrogen) atoms. The normalized spacial score (nSPS) is 21.2. The smallest absolute Gasteiger partial charge is 0.324 e. The molecule has 2 aliphatic heterocycles. The van der Waals surface area contributed by atoms with Crippen molar-refractivity contribution in [1.29, 1.82) is 0 Å². The van der Waals surface area contributed by atoms with E-state index in [4.69, 9.17) is 20.9 Å². The molecule has 3 aromatic rings. The van der Waals surface area contributed by atoms with Crippen molar-refractivity contribution in [2.45, 2.75) is 17.9 Å². The lowest BCUT2D eigenvalue weighted by atomic mass is 10.1. The van der Waals surface area contributed by atoms with Gasteiger partial charge in [-0.15, -0.1) is 0 Å². The molecule has 2 aromatic heterocycles. The lowest BCUT2D eigenvalue weighted by Gasteiger charge is -2.23. The second-order valence-electron chi connectivity index (χ2n) is 8.19. The zero-order valence-electron chi connectivity index (χ0n) is 18.1. The fraction of sp³-hybridized carbons (Fsp3) is 0.350. The predicted octanol–water partition coefficient (Wildman–Crippen LogP) is 1.94. The Bertz CT molecular complexity index is 1390. The Kier molecular flexibility index (Phi) is 5.49. The Balaban J connectivity index is 1.43. The average Bonchev–Trinajstić information content (AvgIpc) is 3.45. The molecule has 14 heteroatoms. The number of rotatable bonds is 3. The topological polar surface area (TPSA) is 132 Å². The van der Waals surface area contributed by atoms with Crippen LogP contribution in [0.4, 0.5) is 16.1 Å². The summed E-state index contributed by atoms with van der Waals surface area (Å²) in [6.45, 7) is 2.60. The van der Waals surface area contributed by atoms with Gasteiger partial charge in [0.2, 0.25) is 10.0 Å². The Hall–Kier alpha value is -3.16. The van der Waals surface area contributed by atoms with E-state index >= 15 is 0 Å². The predicted molar refractivity (Wildman–Crippen MR) is 119 cm³/mol. The van der Waals surface area contributed by atoms with Crippen molar-refractivity contribution < 1.29 is 26.9 Å². The van der Waals surface area contributed by atoms with E-state index in [2.05, 4.69) is 20.2 Å². The lowest BCUT2D eigenvalue weighted by molar-refractivity contribution is 0.101. The summed E-state index contributed by atoms with van der Waals surface area (Å²) < 4.78 is 55.1. The molecule has 0 saturated carbocycles. The van der Waals surface area contributed by atoms with Crippen LogP contribution in [-0.4, -0.2) is 54.8 Å². The Morgan fingerprint density at radius 2 is 2.15 bits per heavy atom. The fourth-order valence-corrected chi connectivity index (χ4v) is 5.80. The highest BCUT2D eigenvalue weighted by molar-refractivity contribution is 7.89. The number of aryl methyl sites for hydroxylation is 2. The molecule has 2 N–H and O–H groups in total. The van der Waals surface area contributed by atoms with E-state index in [-0.39, 0.29) is 39.6 Å². The summed E-state index contributed by atoms with van der Waals surface area (Å²) in [7, 11) is -2.48. The summed E-state index contributed by atoms with van der Waals surface area (Å²) in [4.78, 5) is 18.9. The van der Waals surface area contributed by atoms with E-state index in [1.54, 1.807) is 11.8 Å². The van der Waals surface area contributed by atoms with Gasteiger partial charge in [-0.2, -0.15) is 4.98 Å². The van der Waals surface area contributed by atoms with Crippen LogP contribution in [0.5, 0.6) is 5.75 Å². The minimum absolute atomic E-state index is 0.00153. The third-order valence-corrected chi connectivity index (χ3v) is 7.53. The minimum atomic E-state index is -4.02. The number of carbonyl (C=O) groups excluding carboxylic acids is 1. The molecular formula is C20H20ClFN6O5S. The van der Waals surface area contributed by atoms with Crippen molar-refractivity contribution in [3.63, 3.8) is 0 Å². The number of aromatic nitrogens is 3. The molecule has 0 aliphatic carbocycles. The van der Waals surface area contributed by atoms with Gasteiger partial charge < -0.3 is 24.0 Å². The van der Waals surface area contributed by atoms with Gasteiger partial charge in [0.05, 0.1) is 11.6 Å². The molecule has 4 heterocycles. The van der Waals surface area contributed by atoms with Gasteiger partial charge in [0.1, 0.15) is 10.7 Å². The highest BCUT2D eigenvalue weighted by Gasteiger charge is 2.42. The molecule has 1 amide bonds. The SMILES string of the molecule is Cc1noc(N2C[C@H]3COc4c(cn(C)c4C(=O)Nc4ccc(F)c(Cl)c4)S(=O)(=O)N[C@H]3C2)n1. The van der Waals surface area contributed by atoms with Crippen molar-refractivity contribution in [3.8, 4) is 5.75 Å². The lowest BCUT2D eigenvalue weighted by Crippen LogP contribution is -2.43. The summed E-state index contributed by atoms with van der Waals surface area (Å²) in [5, 5.41) is 6.23. The number of ether oxygens (including phenoxy) is 1. The summed E-state index contributed by atoms with van der Waals surface area (Å²) in [5.41, 5.74) is 0.251. The zero-order chi connectivity index (χ0) is 24.2. The number of amides is 1. The van der Waals surface area contributed by atoms with Crippen LogP contribution >= 0.6 is 11.6 Å². The van der Waals surface area contributed by atoms with Crippen LogP contribution in [0.25, 0.3) is 0 Å². The number of nitrogens with zero attached hydrogens (tertiary/aromatic N) is 4. The second-order valence-corrected chi connectivity index (χ2v) is 10.3. The molecular weight excluding hydrogens is 491 g/mol. The molecule has 0 spiro atoms. The Morgan fingerprint density at radius 3 is 2.85 bits per heavy atom. The first-order chi connectivity index (χ1) is 16.1. The highest BCUT2D eigenvalue weighted by Crippen LogP contribution is 2.35. The van der Waals surface area contributed by atoms with E-state index in [1.165, 1.54) is 29.9 Å². The van der Waals surface area contributed by atoms with E-state index < -0.39 is 27.8 Å². The van der Waals surface area contributed by atoms with Crippen molar-refractivity contribution in [2.75, 3.05) is 29.9 Å². The third kappa shape index (κ3) is 3.99. The summed E-state index contributed by atoms with van der Waals surface area (Å²) in [5.74, 6) is -1.08. The van der Waals surface area contributed by atoms with Gasteiger partial charge >= 0.3 is 6.01 Å². The molecule has 2 aliphatic rings. The molecule has 180 valence electrons. The molecule has 1 fully saturated rings. The summed E-state index contributed by atoms with van der Waals surface area (Å²) in [6.07, 6.45) is 1.32. The number of hydrogen-bond acceptors (Lipinski definition) is 8. The quantitative estimate of drug-likeness (QED) is 0.546. The van der Waals surface area contributed by atoms with Gasteiger partial charge in [0, 0.05) is 44.0 Å². The monoisotopic (exact) mass is 510 g/mol. The standard InChI is InChI=1S/C20H20ClFN6O5S/c1-10-23-20(33-25-10)28-6-11-9-32-18-16(34(30,31)26-15(11)7-28)8-27(2)17(18)19(29)24-12-3-4-14(22)13(21)5-12/h3-5,8,11,15,26H,6-7,9H2,1-2H3,(H,24,29)/t11-,15-/m0/s1. The molecule has 2 atom stereocenters. The van der Waals surface area contributed by atoms with Gasteiger partial charge in [-0.05, 0) is 25.1 Å².